The standard InChI is InChI=1S/C21H27FN2O5S/c1-2-28-19-7-9-21(10-8-19)30(26,27)24-13-11-23(12-14-24)15-18(25)16-29-20-5-3-17(22)4-6-20/h3-10,18,25H,2,11-16H2,1H3. The fourth-order valence-corrected chi connectivity index (χ4v) is 4.67. The minimum atomic E-state index is -3.56. The van der Waals surface area contributed by atoms with Gasteiger partial charge in [-0.3, -0.25) is 4.90 Å². The zero-order valence-electron chi connectivity index (χ0n) is 16.9. The van der Waals surface area contributed by atoms with Crippen LogP contribution < -0.4 is 9.47 Å². The van der Waals surface area contributed by atoms with Gasteiger partial charge in [0.25, 0.3) is 0 Å². The number of piperazine rings is 1. The van der Waals surface area contributed by atoms with Crippen LogP contribution in [0.2, 0.25) is 0 Å². The molecule has 0 spiro atoms. The van der Waals surface area contributed by atoms with Gasteiger partial charge in [0.1, 0.15) is 30.0 Å². The summed E-state index contributed by atoms with van der Waals surface area (Å²) in [5.74, 6) is 0.779. The smallest absolute Gasteiger partial charge is 0.243 e. The highest BCUT2D eigenvalue weighted by Crippen LogP contribution is 2.21. The van der Waals surface area contributed by atoms with E-state index >= 15 is 0 Å². The highest BCUT2D eigenvalue weighted by Gasteiger charge is 2.29. The highest BCUT2D eigenvalue weighted by atomic mass is 32.2. The molecule has 0 saturated carbocycles. The monoisotopic (exact) mass is 438 g/mol. The predicted molar refractivity (Wildman–Crippen MR) is 111 cm³/mol. The Labute approximate surface area is 176 Å². The summed E-state index contributed by atoms with van der Waals surface area (Å²) in [7, 11) is -3.56. The van der Waals surface area contributed by atoms with Crippen LogP contribution in [0.4, 0.5) is 4.39 Å². The summed E-state index contributed by atoms with van der Waals surface area (Å²) < 4.78 is 50.9. The predicted octanol–water partition coefficient (Wildman–Crippen LogP) is 1.97. The van der Waals surface area contributed by atoms with Gasteiger partial charge in [0.05, 0.1) is 11.5 Å². The van der Waals surface area contributed by atoms with Crippen LogP contribution in [0.3, 0.4) is 0 Å². The number of ether oxygens (including phenoxy) is 2. The van der Waals surface area contributed by atoms with Crippen molar-refractivity contribution >= 4 is 10.0 Å². The van der Waals surface area contributed by atoms with Gasteiger partial charge in [0.2, 0.25) is 10.0 Å². The van der Waals surface area contributed by atoms with Crippen LogP contribution in [-0.4, -0.2) is 74.8 Å². The van der Waals surface area contributed by atoms with Crippen molar-refractivity contribution in [1.29, 1.82) is 0 Å². The van der Waals surface area contributed by atoms with E-state index in [0.717, 1.165) is 0 Å². The summed E-state index contributed by atoms with van der Waals surface area (Å²) in [6.45, 7) is 4.58. The van der Waals surface area contributed by atoms with E-state index in [4.69, 9.17) is 9.47 Å². The van der Waals surface area contributed by atoms with Gasteiger partial charge in [0.15, 0.2) is 0 Å². The second-order valence-corrected chi connectivity index (χ2v) is 8.97. The van der Waals surface area contributed by atoms with Crippen LogP contribution in [0.1, 0.15) is 6.92 Å². The van der Waals surface area contributed by atoms with E-state index in [2.05, 4.69) is 0 Å². The van der Waals surface area contributed by atoms with Crippen LogP contribution in [-0.2, 0) is 10.0 Å². The first-order valence-electron chi connectivity index (χ1n) is 9.90. The number of benzene rings is 2. The third-order valence-electron chi connectivity index (χ3n) is 4.83. The Hall–Kier alpha value is -2.20. The Kier molecular flexibility index (Phi) is 7.65. The number of β-amino-alcohol motifs (C(OH)–C–C–N with tert-alkyl or cyclic N) is 1. The summed E-state index contributed by atoms with van der Waals surface area (Å²) in [6, 6.07) is 12.0. The van der Waals surface area contributed by atoms with Crippen LogP contribution >= 0.6 is 0 Å². The summed E-state index contributed by atoms with van der Waals surface area (Å²) in [5.41, 5.74) is 0. The molecule has 30 heavy (non-hydrogen) atoms. The first-order valence-corrected chi connectivity index (χ1v) is 11.3. The van der Waals surface area contributed by atoms with Crippen molar-refractivity contribution < 1.29 is 27.4 Å². The molecule has 0 aliphatic carbocycles. The summed E-state index contributed by atoms with van der Waals surface area (Å²) in [6.07, 6.45) is -0.732. The third-order valence-corrected chi connectivity index (χ3v) is 6.74. The van der Waals surface area contributed by atoms with Crippen LogP contribution in [0.5, 0.6) is 11.5 Å². The minimum Gasteiger partial charge on any atom is -0.494 e. The van der Waals surface area contributed by atoms with Gasteiger partial charge >= 0.3 is 0 Å². The fraction of sp³-hybridized carbons (Fsp3) is 0.429. The molecule has 1 aliphatic rings. The number of nitrogens with zero attached hydrogens (tertiary/aromatic N) is 2. The Bertz CT molecular complexity index is 898. The maximum absolute atomic E-state index is 12.9. The fourth-order valence-electron chi connectivity index (χ4n) is 3.25. The van der Waals surface area contributed by atoms with Gasteiger partial charge in [-0.2, -0.15) is 4.31 Å². The lowest BCUT2D eigenvalue weighted by Crippen LogP contribution is -2.50. The summed E-state index contributed by atoms with van der Waals surface area (Å²) in [4.78, 5) is 2.25. The Morgan fingerprint density at radius 3 is 2.13 bits per heavy atom. The van der Waals surface area contributed by atoms with E-state index < -0.39 is 16.1 Å². The molecule has 0 radical (unpaired) electrons. The molecule has 1 atom stereocenters. The number of sulfonamides is 1. The van der Waals surface area contributed by atoms with Crippen molar-refractivity contribution in [2.24, 2.45) is 0 Å². The van der Waals surface area contributed by atoms with Crippen LogP contribution in [0.15, 0.2) is 53.4 Å². The van der Waals surface area contributed by atoms with Gasteiger partial charge in [-0.25, -0.2) is 12.8 Å². The molecule has 0 aromatic heterocycles. The molecule has 7 nitrogen and oxygen atoms in total. The van der Waals surface area contributed by atoms with E-state index in [1.165, 1.54) is 28.6 Å². The lowest BCUT2D eigenvalue weighted by Gasteiger charge is -2.34. The number of aliphatic hydroxyl groups excluding tert-OH is 1. The average Bonchev–Trinajstić information content (AvgIpc) is 2.74. The molecule has 164 valence electrons. The van der Waals surface area contributed by atoms with E-state index in [9.17, 15) is 17.9 Å². The van der Waals surface area contributed by atoms with Crippen molar-refractivity contribution in [1.82, 2.24) is 9.21 Å². The van der Waals surface area contributed by atoms with Crippen molar-refractivity contribution in [3.05, 3.63) is 54.3 Å². The van der Waals surface area contributed by atoms with Gasteiger partial charge in [-0.05, 0) is 55.5 Å². The summed E-state index contributed by atoms with van der Waals surface area (Å²) >= 11 is 0. The normalized spacial score (nSPS) is 16.9. The second-order valence-electron chi connectivity index (χ2n) is 7.03. The van der Waals surface area contributed by atoms with E-state index in [1.807, 2.05) is 11.8 Å². The zero-order chi connectivity index (χ0) is 21.6. The SMILES string of the molecule is CCOc1ccc(S(=O)(=O)N2CCN(CC(O)COc3ccc(F)cc3)CC2)cc1. The van der Waals surface area contributed by atoms with Crippen molar-refractivity contribution in [3.63, 3.8) is 0 Å². The largest absolute Gasteiger partial charge is 0.494 e. The molecule has 1 heterocycles. The highest BCUT2D eigenvalue weighted by molar-refractivity contribution is 7.89. The number of rotatable bonds is 9. The quantitative estimate of drug-likeness (QED) is 0.645. The maximum Gasteiger partial charge on any atom is 0.243 e. The molecular weight excluding hydrogens is 411 g/mol. The lowest BCUT2D eigenvalue weighted by molar-refractivity contribution is 0.0569. The molecule has 9 heteroatoms. The van der Waals surface area contributed by atoms with Crippen LogP contribution in [0.25, 0.3) is 0 Å². The van der Waals surface area contributed by atoms with Crippen molar-refractivity contribution in [3.8, 4) is 11.5 Å². The summed E-state index contributed by atoms with van der Waals surface area (Å²) in [5, 5.41) is 10.2. The molecule has 1 fully saturated rings. The Morgan fingerprint density at radius 1 is 0.967 bits per heavy atom. The third kappa shape index (κ3) is 5.91. The van der Waals surface area contributed by atoms with Gasteiger partial charge in [-0.15, -0.1) is 0 Å². The molecule has 1 unspecified atom stereocenters. The van der Waals surface area contributed by atoms with E-state index in [0.29, 0.717) is 50.8 Å². The molecule has 0 bridgehead atoms. The first kappa shape index (κ1) is 22.5. The van der Waals surface area contributed by atoms with Crippen LogP contribution in [0, 0.1) is 5.82 Å². The molecule has 3 rings (SSSR count). The Morgan fingerprint density at radius 2 is 1.53 bits per heavy atom. The topological polar surface area (TPSA) is 79.3 Å². The maximum atomic E-state index is 12.9. The van der Waals surface area contributed by atoms with Crippen molar-refractivity contribution in [2.75, 3.05) is 45.9 Å². The lowest BCUT2D eigenvalue weighted by atomic mass is 10.3. The van der Waals surface area contributed by atoms with E-state index in [-0.39, 0.29) is 17.3 Å². The van der Waals surface area contributed by atoms with Gasteiger partial charge in [0, 0.05) is 32.7 Å². The number of aliphatic hydroxyl groups is 1. The molecule has 1 N–H and O–H groups in total. The molecule has 2 aromatic rings. The molecule has 1 aliphatic heterocycles. The van der Waals surface area contributed by atoms with E-state index in [1.54, 1.807) is 24.3 Å². The zero-order valence-corrected chi connectivity index (χ0v) is 17.7. The number of hydrogen-bond acceptors (Lipinski definition) is 6. The molecular formula is C21H27FN2O5S. The van der Waals surface area contributed by atoms with Gasteiger partial charge in [-0.1, -0.05) is 0 Å². The molecule has 2 aromatic carbocycles. The average molecular weight is 439 g/mol. The van der Waals surface area contributed by atoms with Crippen molar-refractivity contribution in [2.45, 2.75) is 17.9 Å². The number of hydrogen-bond donors (Lipinski definition) is 1. The molecule has 1 saturated heterocycles. The van der Waals surface area contributed by atoms with Gasteiger partial charge < -0.3 is 14.6 Å². The second kappa shape index (κ2) is 10.2. The Balaban J connectivity index is 1.47. The minimum absolute atomic E-state index is 0.0797. The number of halogens is 1. The molecule has 0 amide bonds. The first-order chi connectivity index (χ1) is 14.4.